The number of amides is 1. The second-order valence-corrected chi connectivity index (χ2v) is 11.3. The lowest BCUT2D eigenvalue weighted by Crippen LogP contribution is -2.26. The summed E-state index contributed by atoms with van der Waals surface area (Å²) < 4.78 is 18.5. The Kier molecular flexibility index (Phi) is 6.14. The first kappa shape index (κ1) is 26.4. The summed E-state index contributed by atoms with van der Waals surface area (Å²) in [6.45, 7) is 6.20. The molecule has 2 atom stereocenters. The van der Waals surface area contributed by atoms with Crippen molar-refractivity contribution in [1.82, 2.24) is 29.5 Å². The Morgan fingerprint density at radius 3 is 2.67 bits per heavy atom. The van der Waals surface area contributed by atoms with Crippen LogP contribution in [0, 0.1) is 11.9 Å². The van der Waals surface area contributed by atoms with Crippen LogP contribution < -0.4 is 10.9 Å². The zero-order valence-corrected chi connectivity index (χ0v) is 23.7. The summed E-state index contributed by atoms with van der Waals surface area (Å²) in [6, 6.07) is 13.3. The van der Waals surface area contributed by atoms with Gasteiger partial charge in [-0.1, -0.05) is 48.0 Å². The van der Waals surface area contributed by atoms with Gasteiger partial charge in [-0.2, -0.15) is 4.39 Å². The molecule has 42 heavy (non-hydrogen) atoms. The third-order valence-corrected chi connectivity index (χ3v) is 8.32. The van der Waals surface area contributed by atoms with Gasteiger partial charge < -0.3 is 10.3 Å². The lowest BCUT2D eigenvalue weighted by molar-refractivity contribution is -0.116. The van der Waals surface area contributed by atoms with Gasteiger partial charge in [0.2, 0.25) is 11.9 Å². The summed E-state index contributed by atoms with van der Waals surface area (Å²) >= 11 is 12.3. The highest BCUT2D eigenvalue weighted by Crippen LogP contribution is 2.43. The van der Waals surface area contributed by atoms with Crippen LogP contribution in [0.5, 0.6) is 0 Å². The van der Waals surface area contributed by atoms with E-state index < -0.39 is 12.0 Å². The number of hydrogen-bond donors (Lipinski definition) is 2. The van der Waals surface area contributed by atoms with Crippen LogP contribution in [0.2, 0.25) is 10.2 Å². The minimum atomic E-state index is -0.601. The number of hydrogen-bond acceptors (Lipinski definition) is 5. The molecular formula is C30H22Cl2FN7O2. The standard InChI is InChI=1S/C30H22Cl2FN7O2/c1-14-15(2)28(30-35-27(29(33)36-30)17-3-6-21-16(9-17)4-8-25(41)34-21)40-23(14)10-18(11-26(40)42)20-12-19(31)5-7-22(20)39-13-24(32)37-38-39/h3,5-7,9-13,15,28H,1,4,8H2,2H3,(H,34,41)(H,35,36)/t15-,28-/m0/s1. The molecule has 0 radical (unpaired) electrons. The van der Waals surface area contributed by atoms with Crippen molar-refractivity contribution in [3.05, 3.63) is 105 Å². The van der Waals surface area contributed by atoms with Crippen LogP contribution in [0.15, 0.2) is 66.1 Å². The molecule has 0 spiro atoms. The molecule has 0 bridgehead atoms. The minimum Gasteiger partial charge on any atom is -0.326 e. The molecule has 9 nitrogen and oxygen atoms in total. The number of halogens is 3. The third-order valence-electron chi connectivity index (χ3n) is 7.91. The number of fused-ring (bicyclic) bond motifs is 2. The average molecular weight is 602 g/mol. The maximum atomic E-state index is 15.3. The second-order valence-electron chi connectivity index (χ2n) is 10.4. The van der Waals surface area contributed by atoms with Crippen molar-refractivity contribution in [2.24, 2.45) is 5.92 Å². The molecule has 0 unspecified atom stereocenters. The Morgan fingerprint density at radius 2 is 1.88 bits per heavy atom. The van der Waals surface area contributed by atoms with Crippen molar-refractivity contribution in [1.29, 1.82) is 0 Å². The summed E-state index contributed by atoms with van der Waals surface area (Å²) in [7, 11) is 0. The Morgan fingerprint density at radius 1 is 1.05 bits per heavy atom. The number of pyridine rings is 1. The molecule has 2 aliphatic heterocycles. The quantitative estimate of drug-likeness (QED) is 0.260. The number of aromatic nitrogens is 6. The van der Waals surface area contributed by atoms with Crippen LogP contribution in [0.1, 0.15) is 36.5 Å². The van der Waals surface area contributed by atoms with E-state index >= 15 is 4.39 Å². The van der Waals surface area contributed by atoms with Gasteiger partial charge in [0, 0.05) is 45.9 Å². The zero-order valence-electron chi connectivity index (χ0n) is 22.2. The molecule has 210 valence electrons. The summed E-state index contributed by atoms with van der Waals surface area (Å²) in [6.07, 6.45) is 2.50. The first-order valence-electron chi connectivity index (χ1n) is 13.2. The van der Waals surface area contributed by atoms with E-state index in [0.717, 1.165) is 11.3 Å². The van der Waals surface area contributed by atoms with Crippen LogP contribution in [-0.2, 0) is 11.2 Å². The fourth-order valence-corrected chi connectivity index (χ4v) is 6.11. The molecule has 3 aromatic heterocycles. The number of nitrogens with zero attached hydrogens (tertiary/aromatic N) is 5. The SMILES string of the molecule is C=C1c2cc(-c3cc(Cl)ccc3-n3cc(Cl)nn3)cc(=O)n2[C@H](c2nc(-c3ccc4c(c3)CCC(=O)N4)c(F)[nH]2)[C@H]1C. The second kappa shape index (κ2) is 9.78. The van der Waals surface area contributed by atoms with Gasteiger partial charge in [-0.25, -0.2) is 9.67 Å². The van der Waals surface area contributed by atoms with E-state index in [9.17, 15) is 9.59 Å². The summed E-state index contributed by atoms with van der Waals surface area (Å²) in [5.41, 5.74) is 5.30. The number of rotatable bonds is 4. The van der Waals surface area contributed by atoms with E-state index in [1.165, 1.54) is 10.7 Å². The smallest absolute Gasteiger partial charge is 0.252 e. The highest BCUT2D eigenvalue weighted by atomic mass is 35.5. The van der Waals surface area contributed by atoms with Crippen LogP contribution in [-0.4, -0.2) is 35.4 Å². The van der Waals surface area contributed by atoms with Gasteiger partial charge in [0.25, 0.3) is 5.56 Å². The van der Waals surface area contributed by atoms with Gasteiger partial charge >= 0.3 is 0 Å². The zero-order chi connectivity index (χ0) is 29.3. The molecule has 1 amide bonds. The van der Waals surface area contributed by atoms with Gasteiger partial charge in [0.1, 0.15) is 17.6 Å². The molecule has 0 aliphatic carbocycles. The lowest BCUT2D eigenvalue weighted by atomic mass is 9.96. The van der Waals surface area contributed by atoms with Crippen LogP contribution >= 0.6 is 23.2 Å². The first-order valence-corrected chi connectivity index (χ1v) is 14.0. The van der Waals surface area contributed by atoms with Crippen LogP contribution in [0.25, 0.3) is 33.6 Å². The molecule has 12 heteroatoms. The van der Waals surface area contributed by atoms with Crippen molar-refractivity contribution in [2.45, 2.75) is 25.8 Å². The van der Waals surface area contributed by atoms with Crippen molar-refractivity contribution >= 4 is 40.4 Å². The van der Waals surface area contributed by atoms with Crippen molar-refractivity contribution in [2.75, 3.05) is 5.32 Å². The number of nitrogens with one attached hydrogen (secondary N) is 2. The minimum absolute atomic E-state index is 0.0411. The van der Waals surface area contributed by atoms with E-state index in [-0.39, 0.29) is 28.2 Å². The van der Waals surface area contributed by atoms with Gasteiger partial charge in [-0.05, 0) is 59.5 Å². The number of benzene rings is 2. The topological polar surface area (TPSA) is 110 Å². The van der Waals surface area contributed by atoms with Gasteiger partial charge in [-0.3, -0.25) is 14.2 Å². The summed E-state index contributed by atoms with van der Waals surface area (Å²) in [5, 5.41) is 11.5. The summed E-state index contributed by atoms with van der Waals surface area (Å²) in [5.74, 6) is -0.578. The van der Waals surface area contributed by atoms with Crippen molar-refractivity contribution in [3.63, 3.8) is 0 Å². The number of carbonyl (C=O) groups is 1. The number of H-pyrrole nitrogens is 1. The number of aromatic amines is 1. The van der Waals surface area contributed by atoms with E-state index in [1.807, 2.05) is 19.1 Å². The predicted molar refractivity (Wildman–Crippen MR) is 158 cm³/mol. The molecule has 0 fully saturated rings. The van der Waals surface area contributed by atoms with E-state index in [4.69, 9.17) is 23.2 Å². The Bertz CT molecular complexity index is 2010. The largest absolute Gasteiger partial charge is 0.326 e. The predicted octanol–water partition coefficient (Wildman–Crippen LogP) is 6.07. The number of allylic oxidation sites excluding steroid dienone is 1. The Labute approximate surface area is 248 Å². The number of carbonyl (C=O) groups excluding carboxylic acids is 1. The normalized spacial score (nSPS) is 17.7. The van der Waals surface area contributed by atoms with Crippen molar-refractivity contribution in [3.8, 4) is 28.1 Å². The van der Waals surface area contributed by atoms with E-state index in [0.29, 0.717) is 57.3 Å². The molecule has 5 heterocycles. The molecule has 0 saturated heterocycles. The summed E-state index contributed by atoms with van der Waals surface area (Å²) in [4.78, 5) is 32.9. The van der Waals surface area contributed by atoms with Crippen LogP contribution in [0.3, 0.4) is 0 Å². The molecule has 2 aliphatic rings. The fourth-order valence-electron chi connectivity index (χ4n) is 5.81. The molecule has 2 aromatic carbocycles. The highest BCUT2D eigenvalue weighted by molar-refractivity contribution is 6.31. The first-order chi connectivity index (χ1) is 20.2. The number of aryl methyl sites for hydroxylation is 1. The molecule has 2 N–H and O–H groups in total. The number of anilines is 1. The van der Waals surface area contributed by atoms with Crippen LogP contribution in [0.4, 0.5) is 10.1 Å². The number of imidazole rings is 1. The molecule has 5 aromatic rings. The van der Waals surface area contributed by atoms with Gasteiger partial charge in [-0.15, -0.1) is 5.10 Å². The average Bonchev–Trinajstić information content (AvgIpc) is 3.64. The maximum Gasteiger partial charge on any atom is 0.252 e. The monoisotopic (exact) mass is 601 g/mol. The Balaban J connectivity index is 1.30. The fraction of sp³-hybridized carbons (Fsp3) is 0.167. The van der Waals surface area contributed by atoms with Gasteiger partial charge in [0.15, 0.2) is 5.15 Å². The van der Waals surface area contributed by atoms with Gasteiger partial charge in [0.05, 0.1) is 11.9 Å². The highest BCUT2D eigenvalue weighted by Gasteiger charge is 2.37. The lowest BCUT2D eigenvalue weighted by Gasteiger charge is -2.17. The maximum absolute atomic E-state index is 15.3. The third kappa shape index (κ3) is 4.26. The van der Waals surface area contributed by atoms with E-state index in [1.54, 1.807) is 41.1 Å². The van der Waals surface area contributed by atoms with Crippen molar-refractivity contribution < 1.29 is 9.18 Å². The van der Waals surface area contributed by atoms with E-state index in [2.05, 4.69) is 32.2 Å². The Hall–Kier alpha value is -4.54. The molecule has 7 rings (SSSR count). The molecular weight excluding hydrogens is 580 g/mol. The molecule has 0 saturated carbocycles.